The van der Waals surface area contributed by atoms with Crippen molar-refractivity contribution >= 4 is 12.1 Å². The first-order valence-electron chi connectivity index (χ1n) is 8.50. The highest BCUT2D eigenvalue weighted by molar-refractivity contribution is 5.81. The summed E-state index contributed by atoms with van der Waals surface area (Å²) in [5.41, 5.74) is -0.597. The number of hydrogen-bond donors (Lipinski definition) is 0. The minimum absolute atomic E-state index is 0.289. The van der Waals surface area contributed by atoms with Crippen LogP contribution in [0.25, 0.3) is 0 Å². The summed E-state index contributed by atoms with van der Waals surface area (Å²) in [6.45, 7) is 9.60. The molecular formula is C18H33NO4. The van der Waals surface area contributed by atoms with Gasteiger partial charge in [-0.3, -0.25) is 4.90 Å². The lowest BCUT2D eigenvalue weighted by Gasteiger charge is -2.29. The molecule has 1 atom stereocenters. The van der Waals surface area contributed by atoms with Crippen LogP contribution < -0.4 is 0 Å². The molecule has 0 aromatic heterocycles. The lowest BCUT2D eigenvalue weighted by molar-refractivity contribution is -0.148. The Bertz CT molecular complexity index is 385. The van der Waals surface area contributed by atoms with Crippen molar-refractivity contribution in [3.05, 3.63) is 12.2 Å². The van der Waals surface area contributed by atoms with Crippen LogP contribution in [0.4, 0.5) is 4.79 Å². The van der Waals surface area contributed by atoms with Crippen LogP contribution in [-0.2, 0) is 14.3 Å². The summed E-state index contributed by atoms with van der Waals surface area (Å²) >= 11 is 0. The van der Waals surface area contributed by atoms with Gasteiger partial charge in [-0.25, -0.2) is 9.59 Å². The highest BCUT2D eigenvalue weighted by Crippen LogP contribution is 2.14. The summed E-state index contributed by atoms with van der Waals surface area (Å²) in [6.07, 6.45) is 8.42. The van der Waals surface area contributed by atoms with Crippen LogP contribution in [0.3, 0.4) is 0 Å². The number of amides is 1. The van der Waals surface area contributed by atoms with E-state index in [1.165, 1.54) is 17.7 Å². The Hall–Kier alpha value is -1.52. The maximum atomic E-state index is 12.2. The zero-order chi connectivity index (χ0) is 17.9. The molecule has 0 radical (unpaired) electrons. The molecule has 0 bridgehead atoms. The number of carbonyl (C=O) groups is 2. The molecule has 0 saturated carbocycles. The van der Waals surface area contributed by atoms with Gasteiger partial charge in [-0.15, -0.1) is 0 Å². The lowest BCUT2D eigenvalue weighted by Crippen LogP contribution is -2.45. The second-order valence-corrected chi connectivity index (χ2v) is 6.56. The number of ether oxygens (including phenoxy) is 2. The smallest absolute Gasteiger partial charge is 0.410 e. The average Bonchev–Trinajstić information content (AvgIpc) is 2.44. The fourth-order valence-corrected chi connectivity index (χ4v) is 1.97. The van der Waals surface area contributed by atoms with E-state index in [1.807, 2.05) is 6.08 Å². The number of rotatable bonds is 9. The molecule has 0 aliphatic rings. The van der Waals surface area contributed by atoms with Gasteiger partial charge < -0.3 is 9.47 Å². The van der Waals surface area contributed by atoms with Crippen molar-refractivity contribution < 1.29 is 19.1 Å². The Labute approximate surface area is 141 Å². The van der Waals surface area contributed by atoms with E-state index in [9.17, 15) is 9.59 Å². The molecule has 23 heavy (non-hydrogen) atoms. The Kier molecular flexibility index (Phi) is 10.4. The molecule has 5 nitrogen and oxygen atoms in total. The molecule has 0 aliphatic heterocycles. The van der Waals surface area contributed by atoms with E-state index in [4.69, 9.17) is 9.47 Å². The first kappa shape index (κ1) is 21.5. The molecule has 0 fully saturated rings. The van der Waals surface area contributed by atoms with Crippen molar-refractivity contribution in [1.29, 1.82) is 0 Å². The molecule has 134 valence electrons. The third-order valence-corrected chi connectivity index (χ3v) is 3.21. The monoisotopic (exact) mass is 327 g/mol. The van der Waals surface area contributed by atoms with Gasteiger partial charge in [0.2, 0.25) is 0 Å². The Morgan fingerprint density at radius 3 is 2.30 bits per heavy atom. The molecule has 1 amide bonds. The number of allylic oxidation sites excluding steroid dienone is 1. The summed E-state index contributed by atoms with van der Waals surface area (Å²) in [5, 5.41) is 0. The molecule has 0 aromatic carbocycles. The fraction of sp³-hybridized carbons (Fsp3) is 0.778. The zero-order valence-corrected chi connectivity index (χ0v) is 15.6. The molecular weight excluding hydrogens is 294 g/mol. The van der Waals surface area contributed by atoms with Crippen LogP contribution in [0.2, 0.25) is 0 Å². The highest BCUT2D eigenvalue weighted by atomic mass is 16.6. The van der Waals surface area contributed by atoms with E-state index < -0.39 is 23.7 Å². The van der Waals surface area contributed by atoms with Gasteiger partial charge in [0.1, 0.15) is 11.6 Å². The average molecular weight is 327 g/mol. The van der Waals surface area contributed by atoms with Crippen molar-refractivity contribution in [3.63, 3.8) is 0 Å². The minimum atomic E-state index is -0.660. The van der Waals surface area contributed by atoms with Crippen LogP contribution >= 0.6 is 0 Å². The van der Waals surface area contributed by atoms with E-state index in [-0.39, 0.29) is 6.61 Å². The van der Waals surface area contributed by atoms with Crippen molar-refractivity contribution in [2.75, 3.05) is 13.7 Å². The SMILES string of the molecule is CCCCC/C=C\CC(C(=O)OCC)N(C)C(=O)OC(C)(C)C. The molecule has 0 rings (SSSR count). The molecule has 0 aliphatic carbocycles. The predicted octanol–water partition coefficient (Wildman–Crippen LogP) is 4.31. The van der Waals surface area contributed by atoms with Gasteiger partial charge in [0.15, 0.2) is 0 Å². The van der Waals surface area contributed by atoms with Crippen LogP contribution in [0.5, 0.6) is 0 Å². The van der Waals surface area contributed by atoms with E-state index in [0.717, 1.165) is 12.8 Å². The van der Waals surface area contributed by atoms with Gasteiger partial charge in [-0.2, -0.15) is 0 Å². The first-order chi connectivity index (χ1) is 10.7. The van der Waals surface area contributed by atoms with Crippen LogP contribution in [0, 0.1) is 0 Å². The number of hydrogen-bond acceptors (Lipinski definition) is 4. The standard InChI is InChI=1S/C18H33NO4/c1-7-9-10-11-12-13-14-15(16(20)22-8-2)19(6)17(21)23-18(3,4)5/h12-13,15H,7-11,14H2,1-6H3/b13-12-. The Balaban J connectivity index is 4.73. The number of unbranched alkanes of at least 4 members (excludes halogenated alkanes) is 3. The second-order valence-electron chi connectivity index (χ2n) is 6.56. The largest absolute Gasteiger partial charge is 0.464 e. The van der Waals surface area contributed by atoms with E-state index >= 15 is 0 Å². The van der Waals surface area contributed by atoms with E-state index in [1.54, 1.807) is 34.7 Å². The Morgan fingerprint density at radius 2 is 1.78 bits per heavy atom. The van der Waals surface area contributed by atoms with Crippen molar-refractivity contribution in [2.24, 2.45) is 0 Å². The molecule has 0 aromatic rings. The number of nitrogens with zero attached hydrogens (tertiary/aromatic N) is 1. The van der Waals surface area contributed by atoms with Crippen molar-refractivity contribution in [1.82, 2.24) is 4.90 Å². The number of likely N-dealkylation sites (N-methyl/N-ethyl adjacent to an activating group) is 1. The summed E-state index contributed by atoms with van der Waals surface area (Å²) in [6, 6.07) is -0.660. The molecule has 5 heteroatoms. The van der Waals surface area contributed by atoms with Crippen LogP contribution in [0.1, 0.15) is 66.7 Å². The van der Waals surface area contributed by atoms with Gasteiger partial charge in [0.05, 0.1) is 6.61 Å². The summed E-state index contributed by atoms with van der Waals surface area (Å²) in [4.78, 5) is 25.6. The predicted molar refractivity (Wildman–Crippen MR) is 92.3 cm³/mol. The van der Waals surface area contributed by atoms with Crippen molar-refractivity contribution in [2.45, 2.75) is 78.4 Å². The maximum absolute atomic E-state index is 12.2. The molecule has 0 spiro atoms. The topological polar surface area (TPSA) is 55.8 Å². The maximum Gasteiger partial charge on any atom is 0.410 e. The minimum Gasteiger partial charge on any atom is -0.464 e. The summed E-state index contributed by atoms with van der Waals surface area (Å²) < 4.78 is 10.4. The molecule has 1 unspecified atom stereocenters. The van der Waals surface area contributed by atoms with Gasteiger partial charge in [-0.05, 0) is 47.0 Å². The van der Waals surface area contributed by atoms with Gasteiger partial charge in [-0.1, -0.05) is 31.9 Å². The highest BCUT2D eigenvalue weighted by Gasteiger charge is 2.30. The molecule has 0 N–H and O–H groups in total. The Morgan fingerprint density at radius 1 is 1.13 bits per heavy atom. The lowest BCUT2D eigenvalue weighted by atomic mass is 10.1. The zero-order valence-electron chi connectivity index (χ0n) is 15.6. The van der Waals surface area contributed by atoms with Gasteiger partial charge in [0.25, 0.3) is 0 Å². The second kappa shape index (κ2) is 11.1. The third-order valence-electron chi connectivity index (χ3n) is 3.21. The third kappa shape index (κ3) is 9.97. The number of carbonyl (C=O) groups excluding carboxylic acids is 2. The van der Waals surface area contributed by atoms with Crippen LogP contribution in [0.15, 0.2) is 12.2 Å². The number of esters is 1. The fourth-order valence-electron chi connectivity index (χ4n) is 1.97. The van der Waals surface area contributed by atoms with Crippen LogP contribution in [-0.4, -0.2) is 42.3 Å². The van der Waals surface area contributed by atoms with Gasteiger partial charge in [0, 0.05) is 7.05 Å². The van der Waals surface area contributed by atoms with E-state index in [2.05, 4.69) is 13.0 Å². The summed E-state index contributed by atoms with van der Waals surface area (Å²) in [7, 11) is 1.57. The first-order valence-corrected chi connectivity index (χ1v) is 8.50. The summed E-state index contributed by atoms with van der Waals surface area (Å²) in [5.74, 6) is -0.404. The normalized spacial score (nSPS) is 13.0. The quantitative estimate of drug-likeness (QED) is 0.360. The van der Waals surface area contributed by atoms with Crippen molar-refractivity contribution in [3.8, 4) is 0 Å². The van der Waals surface area contributed by atoms with Gasteiger partial charge >= 0.3 is 12.1 Å². The molecule has 0 saturated heterocycles. The van der Waals surface area contributed by atoms with E-state index in [0.29, 0.717) is 6.42 Å². The molecule has 0 heterocycles.